The van der Waals surface area contributed by atoms with Crippen LogP contribution in [0.5, 0.6) is 11.6 Å². The van der Waals surface area contributed by atoms with Gasteiger partial charge in [-0.05, 0) is 70.8 Å². The fourth-order valence-electron chi connectivity index (χ4n) is 11.3. The zero-order valence-electron chi connectivity index (χ0n) is 30.9. The van der Waals surface area contributed by atoms with Crippen LogP contribution >= 0.6 is 0 Å². The van der Waals surface area contributed by atoms with Crippen molar-refractivity contribution in [3.63, 3.8) is 0 Å². The first kappa shape index (κ1) is 29.4. The van der Waals surface area contributed by atoms with Crippen molar-refractivity contribution in [2.24, 2.45) is 0 Å². The Bertz CT molecular complexity index is 3430. The molecule has 0 saturated heterocycles. The molecule has 0 aliphatic carbocycles. The summed E-state index contributed by atoms with van der Waals surface area (Å²) in [6, 6.07) is 58.6. The molecule has 5 heteroatoms. The van der Waals surface area contributed by atoms with Crippen LogP contribution in [0.25, 0.3) is 66.5 Å². The average Bonchev–Trinajstić information content (AvgIpc) is 3.88. The molecule has 0 bridgehead atoms. The molecule has 4 aromatic heterocycles. The molecule has 3 unspecified atom stereocenters. The Hall–Kier alpha value is -6.98. The van der Waals surface area contributed by atoms with Gasteiger partial charge in [0.05, 0.1) is 28.2 Å². The summed E-state index contributed by atoms with van der Waals surface area (Å²) in [6.07, 6.45) is 0. The van der Waals surface area contributed by atoms with Crippen LogP contribution in [0.15, 0.2) is 158 Å². The van der Waals surface area contributed by atoms with Crippen molar-refractivity contribution in [2.45, 2.75) is 31.3 Å². The molecule has 6 aromatic carbocycles. The fourth-order valence-corrected chi connectivity index (χ4v) is 11.3. The second-order valence-electron chi connectivity index (χ2n) is 16.1. The molecule has 0 fully saturated rings. The smallest absolute Gasteiger partial charge is 0.378 e. The summed E-state index contributed by atoms with van der Waals surface area (Å²) in [6.45, 7) is 4.70. The van der Waals surface area contributed by atoms with E-state index >= 15 is 0 Å². The Kier molecular flexibility index (Phi) is 5.15. The number of nitrogens with zero attached hydrogens (tertiary/aromatic N) is 4. The maximum Gasteiger partial charge on any atom is 0.378 e. The van der Waals surface area contributed by atoms with E-state index in [0.717, 1.165) is 11.6 Å². The van der Waals surface area contributed by atoms with E-state index in [4.69, 9.17) is 4.74 Å². The van der Waals surface area contributed by atoms with Gasteiger partial charge in [-0.15, -0.1) is 9.13 Å². The summed E-state index contributed by atoms with van der Waals surface area (Å²) >= 11 is 0. The molecular formula is C51H34N4O+2. The summed E-state index contributed by atoms with van der Waals surface area (Å²) in [7, 11) is 0. The maximum atomic E-state index is 7.23. The first-order valence-corrected chi connectivity index (χ1v) is 19.8. The molecule has 8 heterocycles. The minimum absolute atomic E-state index is 0.152. The van der Waals surface area contributed by atoms with E-state index in [2.05, 4.69) is 190 Å². The van der Waals surface area contributed by atoms with Crippen molar-refractivity contribution < 1.29 is 13.9 Å². The van der Waals surface area contributed by atoms with Gasteiger partial charge in [-0.1, -0.05) is 111 Å². The Balaban J connectivity index is 1.25. The number of hydrogen-bond donors (Lipinski definition) is 0. The molecule has 5 nitrogen and oxygen atoms in total. The lowest BCUT2D eigenvalue weighted by molar-refractivity contribution is -0.932. The molecule has 1 spiro atoms. The van der Waals surface area contributed by atoms with Gasteiger partial charge in [0.15, 0.2) is 11.4 Å². The Labute approximate surface area is 322 Å². The molecular weight excluding hydrogens is 685 g/mol. The van der Waals surface area contributed by atoms with Gasteiger partial charge in [0, 0.05) is 34.1 Å². The first-order chi connectivity index (χ1) is 27.6. The van der Waals surface area contributed by atoms with Gasteiger partial charge >= 0.3 is 17.2 Å². The molecule has 10 aromatic rings. The number of hydrogen-bond acceptors (Lipinski definition) is 1. The van der Waals surface area contributed by atoms with Crippen molar-refractivity contribution in [1.82, 2.24) is 9.13 Å². The molecule has 0 saturated carbocycles. The topological polar surface area (TPSA) is 26.8 Å². The van der Waals surface area contributed by atoms with Gasteiger partial charge in [0.1, 0.15) is 16.6 Å². The number of fused-ring (bicyclic) bond motifs is 9. The van der Waals surface area contributed by atoms with Gasteiger partial charge in [-0.25, -0.2) is 0 Å². The lowest BCUT2D eigenvalue weighted by Gasteiger charge is -2.37. The number of pyridine rings is 2. The second kappa shape index (κ2) is 9.81. The minimum atomic E-state index is -0.727. The van der Waals surface area contributed by atoms with Gasteiger partial charge < -0.3 is 9.30 Å². The second-order valence-corrected chi connectivity index (χ2v) is 16.1. The Morgan fingerprint density at radius 2 is 1.18 bits per heavy atom. The number of para-hydroxylation sites is 2. The van der Waals surface area contributed by atoms with E-state index < -0.39 is 5.66 Å². The van der Waals surface area contributed by atoms with Crippen molar-refractivity contribution in [3.05, 3.63) is 191 Å². The molecule has 262 valence electrons. The molecule has 3 atom stereocenters. The van der Waals surface area contributed by atoms with E-state index in [-0.39, 0.29) is 11.8 Å². The fraction of sp³-hybridized carbons (Fsp3) is 0.0980. The van der Waals surface area contributed by atoms with Gasteiger partial charge in [-0.2, -0.15) is 4.57 Å². The van der Waals surface area contributed by atoms with Gasteiger partial charge in [0.2, 0.25) is 5.69 Å². The third kappa shape index (κ3) is 3.14. The van der Waals surface area contributed by atoms with Crippen LogP contribution in [-0.4, -0.2) is 9.13 Å². The molecule has 0 N–H and O–H groups in total. The number of aromatic nitrogens is 4. The summed E-state index contributed by atoms with van der Waals surface area (Å²) in [5.41, 5.74) is 16.6. The van der Waals surface area contributed by atoms with Crippen LogP contribution in [0.1, 0.15) is 59.1 Å². The van der Waals surface area contributed by atoms with Crippen LogP contribution in [0.2, 0.25) is 0 Å². The monoisotopic (exact) mass is 718 g/mol. The highest BCUT2D eigenvalue weighted by Gasteiger charge is 2.71. The van der Waals surface area contributed by atoms with Gasteiger partial charge in [-0.3, -0.25) is 0 Å². The third-order valence-corrected chi connectivity index (χ3v) is 13.6. The normalized spacial score (nSPS) is 17.2. The van der Waals surface area contributed by atoms with Crippen LogP contribution in [0, 0.1) is 0 Å². The van der Waals surface area contributed by atoms with Crippen molar-refractivity contribution in [1.29, 1.82) is 0 Å². The highest BCUT2D eigenvalue weighted by molar-refractivity contribution is 6.15. The SMILES string of the molecule is CC(c1ccccc1)c1cc2[n+]3c(c1)-c1cc(C(C)c4ccccc4)c4c5ccccc5n5c4[n+]1C31c3c(cccc3-n3c4ccccc4c4ccc-5c1c43)O2. The highest BCUT2D eigenvalue weighted by Crippen LogP contribution is 2.58. The van der Waals surface area contributed by atoms with Crippen LogP contribution in [-0.2, 0) is 5.66 Å². The maximum absolute atomic E-state index is 7.23. The molecule has 4 aliphatic heterocycles. The molecule has 0 radical (unpaired) electrons. The predicted octanol–water partition coefficient (Wildman–Crippen LogP) is 10.8. The number of ether oxygens (including phenoxy) is 1. The zero-order valence-corrected chi connectivity index (χ0v) is 30.9. The van der Waals surface area contributed by atoms with Crippen molar-refractivity contribution in [2.75, 3.05) is 0 Å². The average molecular weight is 719 g/mol. The molecule has 14 rings (SSSR count). The van der Waals surface area contributed by atoms with Crippen LogP contribution in [0.3, 0.4) is 0 Å². The van der Waals surface area contributed by atoms with Crippen molar-refractivity contribution >= 4 is 43.7 Å². The lowest BCUT2D eigenvalue weighted by Crippen LogP contribution is -2.74. The zero-order chi connectivity index (χ0) is 36.6. The molecule has 56 heavy (non-hydrogen) atoms. The summed E-state index contributed by atoms with van der Waals surface area (Å²) < 4.78 is 17.6. The van der Waals surface area contributed by atoms with Crippen LogP contribution < -0.4 is 13.9 Å². The summed E-state index contributed by atoms with van der Waals surface area (Å²) in [4.78, 5) is 0. The highest BCUT2D eigenvalue weighted by atomic mass is 16.5. The third-order valence-electron chi connectivity index (χ3n) is 13.6. The summed E-state index contributed by atoms with van der Waals surface area (Å²) in [5.74, 6) is 2.09. The Morgan fingerprint density at radius 3 is 1.96 bits per heavy atom. The van der Waals surface area contributed by atoms with Crippen LogP contribution in [0.4, 0.5) is 0 Å². The van der Waals surface area contributed by atoms with E-state index in [1.165, 1.54) is 99.9 Å². The Morgan fingerprint density at radius 1 is 0.518 bits per heavy atom. The standard InChI is InChI=1S/C51H34N4O/c1-29(31-14-5-3-6-15-31)33-26-42-43-28-37(30(2)32-16-7-4-8-17-32)46-36-19-10-12-21-39(36)53-41-25-24-35-34-18-9-11-20-38(34)52-40-22-13-23-44-47(40)51(48(41)49(35)52,55(43)50(46)53)54(42)45(27-33)56-44/h3-30H,1-2H3/q+2. The summed E-state index contributed by atoms with van der Waals surface area (Å²) in [5, 5.41) is 5.12. The van der Waals surface area contributed by atoms with Gasteiger partial charge in [0.25, 0.3) is 5.69 Å². The van der Waals surface area contributed by atoms with Crippen molar-refractivity contribution in [3.8, 4) is 34.4 Å². The molecule has 0 amide bonds. The van der Waals surface area contributed by atoms with E-state index in [0.29, 0.717) is 0 Å². The molecule has 4 aliphatic rings. The largest absolute Gasteiger partial charge is 0.404 e. The van der Waals surface area contributed by atoms with E-state index in [1.54, 1.807) is 0 Å². The van der Waals surface area contributed by atoms with E-state index in [9.17, 15) is 0 Å². The quantitative estimate of drug-likeness (QED) is 0.166. The minimum Gasteiger partial charge on any atom is -0.404 e. The predicted molar refractivity (Wildman–Crippen MR) is 221 cm³/mol. The number of benzene rings is 6. The van der Waals surface area contributed by atoms with E-state index in [1.807, 2.05) is 0 Å². The number of rotatable bonds is 4. The lowest BCUT2D eigenvalue weighted by atomic mass is 9.81. The first-order valence-electron chi connectivity index (χ1n) is 19.8.